The van der Waals surface area contributed by atoms with Crippen LogP contribution in [-0.2, 0) is 0 Å². The molecule has 1 unspecified atom stereocenters. The smallest absolute Gasteiger partial charge is 0.205 e. The van der Waals surface area contributed by atoms with Crippen molar-refractivity contribution in [2.24, 2.45) is 0 Å². The van der Waals surface area contributed by atoms with Crippen LogP contribution in [-0.4, -0.2) is 28.8 Å². The summed E-state index contributed by atoms with van der Waals surface area (Å²) in [5.74, 6) is -20.9. The van der Waals surface area contributed by atoms with Crippen LogP contribution >= 0.6 is 15.9 Å². The van der Waals surface area contributed by atoms with E-state index in [1.165, 1.54) is 15.9 Å². The second-order valence-electron chi connectivity index (χ2n) is 3.37. The van der Waals surface area contributed by atoms with Gasteiger partial charge < -0.3 is 0 Å². The second kappa shape index (κ2) is 3.76. The quantitative estimate of drug-likeness (QED) is 0.445. The summed E-state index contributed by atoms with van der Waals surface area (Å²) in [5.41, 5.74) is -3.86. The van der Waals surface area contributed by atoms with Gasteiger partial charge in [-0.05, 0) is 0 Å². The highest BCUT2D eigenvalue weighted by Crippen LogP contribution is 2.60. The molecule has 0 heterocycles. The molecule has 0 bridgehead atoms. The summed E-state index contributed by atoms with van der Waals surface area (Å²) < 4.78 is 126. The maximum absolute atomic E-state index is 12.9. The molecular weight excluding hydrogens is 354 g/mol. The average Bonchev–Trinajstić information content (AvgIpc) is 2.11. The molecule has 0 aromatic rings. The van der Waals surface area contributed by atoms with Crippen LogP contribution in [0.1, 0.15) is 0 Å². The third-order valence-electron chi connectivity index (χ3n) is 2.16. The van der Waals surface area contributed by atoms with E-state index >= 15 is 0 Å². The fourth-order valence-electron chi connectivity index (χ4n) is 1.27. The summed E-state index contributed by atoms with van der Waals surface area (Å²) in [6, 6.07) is 0. The first-order valence-corrected chi connectivity index (χ1v) is 4.85. The zero-order valence-electron chi connectivity index (χ0n) is 7.73. The Morgan fingerprint density at radius 3 is 1.67 bits per heavy atom. The number of allylic oxidation sites excluding steroid dienone is 2. The average molecular weight is 355 g/mol. The monoisotopic (exact) mass is 354 g/mol. The Labute approximate surface area is 101 Å². The van der Waals surface area contributed by atoms with Crippen LogP contribution in [0.4, 0.5) is 43.9 Å². The van der Waals surface area contributed by atoms with Gasteiger partial charge in [-0.25, -0.2) is 4.39 Å². The van der Waals surface area contributed by atoms with Crippen molar-refractivity contribution in [2.75, 3.05) is 0 Å². The molecule has 0 N–H and O–H groups in total. The molecule has 106 valence electrons. The molecule has 0 nitrogen and oxygen atoms in total. The van der Waals surface area contributed by atoms with Crippen LogP contribution in [0.5, 0.6) is 0 Å². The summed E-state index contributed by atoms with van der Waals surface area (Å²) in [4.78, 5) is -3.79. The van der Waals surface area contributed by atoms with Crippen molar-refractivity contribution >= 4 is 15.9 Å². The number of hydrogen-bond acceptors (Lipinski definition) is 0. The highest BCUT2D eigenvalue weighted by molar-refractivity contribution is 9.09. The van der Waals surface area contributed by atoms with Crippen molar-refractivity contribution < 1.29 is 43.9 Å². The van der Waals surface area contributed by atoms with Crippen LogP contribution in [0.3, 0.4) is 0 Å². The lowest BCUT2D eigenvalue weighted by atomic mass is 9.87. The van der Waals surface area contributed by atoms with E-state index in [1.807, 2.05) is 0 Å². The maximum Gasteiger partial charge on any atom is 0.421 e. The Hall–Kier alpha value is -0.480. The first-order valence-electron chi connectivity index (χ1n) is 3.94. The highest BCUT2D eigenvalue weighted by Gasteiger charge is 2.78. The number of halogens is 11. The molecule has 0 spiro atoms. The molecule has 0 saturated carbocycles. The number of rotatable bonds is 0. The second-order valence-corrected chi connectivity index (χ2v) is 4.29. The molecule has 1 atom stereocenters. The van der Waals surface area contributed by atoms with Crippen molar-refractivity contribution in [3.05, 3.63) is 11.4 Å². The zero-order chi connectivity index (χ0) is 14.7. The van der Waals surface area contributed by atoms with E-state index in [0.717, 1.165) is 0 Å². The van der Waals surface area contributed by atoms with Gasteiger partial charge in [0, 0.05) is 0 Å². The molecule has 0 amide bonds. The predicted molar refractivity (Wildman–Crippen MR) is 41.7 cm³/mol. The van der Waals surface area contributed by atoms with Crippen molar-refractivity contribution in [2.45, 2.75) is 28.8 Å². The lowest BCUT2D eigenvalue weighted by Gasteiger charge is -2.40. The standard InChI is InChI=1S/C7HBrF10/c8-3-4(10,11)2(9)1(7(16,17)18)5(12,13)6(3,14)15/h3H. The van der Waals surface area contributed by atoms with Crippen molar-refractivity contribution in [3.8, 4) is 0 Å². The lowest BCUT2D eigenvalue weighted by molar-refractivity contribution is -0.251. The first-order chi connectivity index (χ1) is 7.68. The van der Waals surface area contributed by atoms with Crippen LogP contribution in [0.2, 0.25) is 0 Å². The molecular formula is C7HBrF10. The Kier molecular flexibility index (Phi) is 3.26. The molecule has 0 radical (unpaired) electrons. The van der Waals surface area contributed by atoms with Gasteiger partial charge in [0.05, 0.1) is 0 Å². The van der Waals surface area contributed by atoms with Crippen LogP contribution < -0.4 is 0 Å². The van der Waals surface area contributed by atoms with Gasteiger partial charge in [0.15, 0.2) is 10.7 Å². The summed E-state index contributed by atoms with van der Waals surface area (Å²) >= 11 is 1.42. The van der Waals surface area contributed by atoms with E-state index in [1.54, 1.807) is 0 Å². The molecule has 0 aliphatic heterocycles. The third kappa shape index (κ3) is 1.81. The van der Waals surface area contributed by atoms with Crippen molar-refractivity contribution in [1.82, 2.24) is 0 Å². The SMILES string of the molecule is FC1=C(C(F)(F)F)C(F)(F)C(F)(F)C(Br)C1(F)F. The lowest BCUT2D eigenvalue weighted by Crippen LogP contribution is -2.61. The number of alkyl halides is 10. The number of hydrogen-bond donors (Lipinski definition) is 0. The summed E-state index contributed by atoms with van der Waals surface area (Å²) in [7, 11) is 0. The molecule has 11 heteroatoms. The first kappa shape index (κ1) is 15.6. The van der Waals surface area contributed by atoms with E-state index in [2.05, 4.69) is 0 Å². The van der Waals surface area contributed by atoms with E-state index < -0.39 is 40.2 Å². The van der Waals surface area contributed by atoms with Gasteiger partial charge in [0.1, 0.15) is 5.57 Å². The van der Waals surface area contributed by atoms with E-state index in [4.69, 9.17) is 0 Å². The molecule has 1 aliphatic rings. The van der Waals surface area contributed by atoms with E-state index in [9.17, 15) is 43.9 Å². The molecule has 0 aromatic heterocycles. The normalized spacial score (nSPS) is 30.5. The Morgan fingerprint density at radius 1 is 0.944 bits per heavy atom. The molecule has 18 heavy (non-hydrogen) atoms. The van der Waals surface area contributed by atoms with Gasteiger partial charge in [-0.3, -0.25) is 0 Å². The summed E-state index contributed by atoms with van der Waals surface area (Å²) in [5, 5.41) is 0. The third-order valence-corrected chi connectivity index (χ3v) is 3.31. The molecule has 0 aromatic carbocycles. The fraction of sp³-hybridized carbons (Fsp3) is 0.714. The highest BCUT2D eigenvalue weighted by atomic mass is 79.9. The van der Waals surface area contributed by atoms with Gasteiger partial charge in [-0.15, -0.1) is 0 Å². The Bertz CT molecular complexity index is 392. The summed E-state index contributed by atoms with van der Waals surface area (Å²) in [6.45, 7) is 0. The topological polar surface area (TPSA) is 0 Å². The van der Waals surface area contributed by atoms with Gasteiger partial charge in [0.2, 0.25) is 0 Å². The van der Waals surface area contributed by atoms with E-state index in [0.29, 0.717) is 0 Å². The maximum atomic E-state index is 12.9. The Morgan fingerprint density at radius 2 is 1.33 bits per heavy atom. The minimum absolute atomic E-state index is 1.42. The summed E-state index contributed by atoms with van der Waals surface area (Å²) in [6.07, 6.45) is -6.35. The molecule has 1 rings (SSSR count). The van der Waals surface area contributed by atoms with Gasteiger partial charge in [-0.2, -0.15) is 39.5 Å². The van der Waals surface area contributed by atoms with Crippen molar-refractivity contribution in [1.29, 1.82) is 0 Å². The minimum atomic E-state index is -6.35. The molecule has 1 aliphatic carbocycles. The van der Waals surface area contributed by atoms with Crippen LogP contribution in [0.15, 0.2) is 11.4 Å². The van der Waals surface area contributed by atoms with Gasteiger partial charge >= 0.3 is 23.9 Å². The zero-order valence-corrected chi connectivity index (χ0v) is 9.32. The molecule has 0 saturated heterocycles. The predicted octanol–water partition coefficient (Wildman–Crippen LogP) is 4.46. The minimum Gasteiger partial charge on any atom is -0.205 e. The largest absolute Gasteiger partial charge is 0.421 e. The van der Waals surface area contributed by atoms with Crippen LogP contribution in [0.25, 0.3) is 0 Å². The van der Waals surface area contributed by atoms with Crippen LogP contribution in [0, 0.1) is 0 Å². The fourth-order valence-corrected chi connectivity index (χ4v) is 1.76. The van der Waals surface area contributed by atoms with Gasteiger partial charge in [-0.1, -0.05) is 15.9 Å². The van der Waals surface area contributed by atoms with E-state index in [-0.39, 0.29) is 0 Å². The Balaban J connectivity index is 3.68. The van der Waals surface area contributed by atoms with Crippen molar-refractivity contribution in [3.63, 3.8) is 0 Å². The van der Waals surface area contributed by atoms with Gasteiger partial charge in [0.25, 0.3) is 0 Å². The molecule has 0 fully saturated rings.